The van der Waals surface area contributed by atoms with Crippen molar-refractivity contribution in [2.75, 3.05) is 6.54 Å². The van der Waals surface area contributed by atoms with Crippen LogP contribution in [-0.4, -0.2) is 17.3 Å². The van der Waals surface area contributed by atoms with Crippen molar-refractivity contribution < 1.29 is 9.72 Å². The van der Waals surface area contributed by atoms with Crippen molar-refractivity contribution in [1.29, 1.82) is 0 Å². The first-order valence-corrected chi connectivity index (χ1v) is 8.30. The number of hydrogen-bond donors (Lipinski definition) is 1. The summed E-state index contributed by atoms with van der Waals surface area (Å²) in [6.07, 6.45) is 15.4. The fraction of sp³-hybridized carbons (Fsp3) is 0.938. The number of nitro groups is 1. The number of carbonyl (C=O) groups is 1. The van der Waals surface area contributed by atoms with Gasteiger partial charge in [0.15, 0.2) is 0 Å². The molecule has 0 saturated carbocycles. The van der Waals surface area contributed by atoms with Crippen LogP contribution < -0.4 is 6.15 Å². The molecule has 0 atom stereocenters. The molecule has 0 unspecified atom stereocenters. The molecule has 0 spiro atoms. The Kier molecular flexibility index (Phi) is 18.2. The summed E-state index contributed by atoms with van der Waals surface area (Å²) < 4.78 is 0. The summed E-state index contributed by atoms with van der Waals surface area (Å²) in [6, 6.07) is 0. The highest BCUT2D eigenvalue weighted by Gasteiger charge is 2.08. The molecule has 0 fully saturated rings. The Morgan fingerprint density at radius 3 is 1.57 bits per heavy atom. The van der Waals surface area contributed by atoms with Gasteiger partial charge in [0.2, 0.25) is 5.78 Å². The average Bonchev–Trinajstić information content (AvgIpc) is 2.39. The highest BCUT2D eigenvalue weighted by Crippen LogP contribution is 2.12. The van der Waals surface area contributed by atoms with E-state index in [0.717, 1.165) is 19.3 Å². The third-order valence-corrected chi connectivity index (χ3v) is 3.61. The molecule has 5 heteroatoms. The zero-order valence-electron chi connectivity index (χ0n) is 13.8. The summed E-state index contributed by atoms with van der Waals surface area (Å²) in [6.45, 7) is 1.74. The molecule has 0 rings (SSSR count). The monoisotopic (exact) mass is 302 g/mol. The standard InChI is InChI=1S/C16H31NO3.H3N/c1-2-3-4-5-6-7-8-9-10-11-12-13-14-16(18)15-17(19)20;/h2-15H2,1H3;1H3. The van der Waals surface area contributed by atoms with Gasteiger partial charge in [-0.3, -0.25) is 14.9 Å². The number of ketones is 1. The Labute approximate surface area is 129 Å². The minimum absolute atomic E-state index is 0. The van der Waals surface area contributed by atoms with Gasteiger partial charge in [0.25, 0.3) is 6.54 Å². The Bertz CT molecular complexity index is 258. The van der Waals surface area contributed by atoms with Gasteiger partial charge < -0.3 is 6.15 Å². The van der Waals surface area contributed by atoms with Crippen molar-refractivity contribution in [3.63, 3.8) is 0 Å². The van der Waals surface area contributed by atoms with Crippen molar-refractivity contribution in [2.45, 2.75) is 90.4 Å². The van der Waals surface area contributed by atoms with Gasteiger partial charge in [0, 0.05) is 11.3 Å². The van der Waals surface area contributed by atoms with Crippen LogP contribution in [0.5, 0.6) is 0 Å². The van der Waals surface area contributed by atoms with E-state index in [0.29, 0.717) is 6.42 Å². The van der Waals surface area contributed by atoms with Crippen LogP contribution in [0.4, 0.5) is 0 Å². The summed E-state index contributed by atoms with van der Waals surface area (Å²) in [4.78, 5) is 20.7. The largest absolute Gasteiger partial charge is 0.344 e. The summed E-state index contributed by atoms with van der Waals surface area (Å²) >= 11 is 0. The summed E-state index contributed by atoms with van der Waals surface area (Å²) in [5.41, 5.74) is 0. The first kappa shape index (κ1) is 22.3. The van der Waals surface area contributed by atoms with Crippen molar-refractivity contribution in [2.24, 2.45) is 0 Å². The quantitative estimate of drug-likeness (QED) is 0.259. The predicted octanol–water partition coefficient (Wildman–Crippen LogP) is 5.09. The van der Waals surface area contributed by atoms with Gasteiger partial charge in [-0.2, -0.15) is 0 Å². The molecule has 0 radical (unpaired) electrons. The van der Waals surface area contributed by atoms with Crippen LogP contribution in [0.15, 0.2) is 0 Å². The molecule has 0 aliphatic heterocycles. The van der Waals surface area contributed by atoms with E-state index in [-0.39, 0.29) is 11.9 Å². The van der Waals surface area contributed by atoms with E-state index in [1.165, 1.54) is 57.8 Å². The maximum absolute atomic E-state index is 11.1. The van der Waals surface area contributed by atoms with E-state index in [2.05, 4.69) is 6.92 Å². The molecular formula is C16H34N2O3. The van der Waals surface area contributed by atoms with E-state index < -0.39 is 11.5 Å². The smallest absolute Gasteiger partial charge is 0.261 e. The van der Waals surface area contributed by atoms with Crippen molar-refractivity contribution in [3.05, 3.63) is 10.1 Å². The van der Waals surface area contributed by atoms with Gasteiger partial charge in [0.05, 0.1) is 0 Å². The van der Waals surface area contributed by atoms with Gasteiger partial charge in [-0.05, 0) is 6.42 Å². The maximum atomic E-state index is 11.1. The second-order valence-corrected chi connectivity index (χ2v) is 5.67. The zero-order chi connectivity index (χ0) is 15.1. The van der Waals surface area contributed by atoms with Crippen LogP contribution in [-0.2, 0) is 4.79 Å². The molecule has 0 heterocycles. The lowest BCUT2D eigenvalue weighted by atomic mass is 10.0. The van der Waals surface area contributed by atoms with Gasteiger partial charge in [-0.1, -0.05) is 77.6 Å². The minimum atomic E-state index is -0.539. The van der Waals surface area contributed by atoms with Crippen LogP contribution in [0.3, 0.4) is 0 Å². The SMILES string of the molecule is CCCCCCCCCCCCCCC(=O)C[N+](=O)[O-].N. The molecular weight excluding hydrogens is 268 g/mol. The molecule has 0 bridgehead atoms. The number of carbonyl (C=O) groups excluding carboxylic acids is 1. The molecule has 0 aromatic carbocycles. The highest BCUT2D eigenvalue weighted by atomic mass is 16.6. The number of rotatable bonds is 15. The fourth-order valence-electron chi connectivity index (χ4n) is 2.39. The molecule has 126 valence electrons. The second-order valence-electron chi connectivity index (χ2n) is 5.67. The number of nitrogens with zero attached hydrogens (tertiary/aromatic N) is 1. The Balaban J connectivity index is 0. The normalized spacial score (nSPS) is 10.1. The van der Waals surface area contributed by atoms with E-state index in [9.17, 15) is 14.9 Å². The molecule has 21 heavy (non-hydrogen) atoms. The fourth-order valence-corrected chi connectivity index (χ4v) is 2.39. The number of hydrogen-bond acceptors (Lipinski definition) is 4. The topological polar surface area (TPSA) is 95.2 Å². The molecule has 5 nitrogen and oxygen atoms in total. The Morgan fingerprint density at radius 1 is 0.810 bits per heavy atom. The van der Waals surface area contributed by atoms with Gasteiger partial charge in [-0.15, -0.1) is 0 Å². The van der Waals surface area contributed by atoms with Gasteiger partial charge >= 0.3 is 0 Å². The highest BCUT2D eigenvalue weighted by molar-refractivity contribution is 5.79. The number of Topliss-reactive ketones (excluding diaryl/α,β-unsaturated/α-hetero) is 1. The lowest BCUT2D eigenvalue weighted by Crippen LogP contribution is -2.12. The molecule has 0 saturated heterocycles. The van der Waals surface area contributed by atoms with E-state index in [1.807, 2.05) is 0 Å². The molecule has 3 N–H and O–H groups in total. The lowest BCUT2D eigenvalue weighted by molar-refractivity contribution is -0.467. The van der Waals surface area contributed by atoms with Crippen molar-refractivity contribution >= 4 is 5.78 Å². The summed E-state index contributed by atoms with van der Waals surface area (Å²) in [7, 11) is 0. The average molecular weight is 302 g/mol. The van der Waals surface area contributed by atoms with Crippen LogP contribution in [0.1, 0.15) is 90.4 Å². The van der Waals surface area contributed by atoms with Crippen LogP contribution >= 0.6 is 0 Å². The molecule has 0 amide bonds. The van der Waals surface area contributed by atoms with E-state index in [4.69, 9.17) is 0 Å². The molecule has 0 aromatic rings. The van der Waals surface area contributed by atoms with Gasteiger partial charge in [-0.25, -0.2) is 0 Å². The van der Waals surface area contributed by atoms with Crippen molar-refractivity contribution in [3.8, 4) is 0 Å². The van der Waals surface area contributed by atoms with E-state index in [1.54, 1.807) is 0 Å². The minimum Gasteiger partial charge on any atom is -0.344 e. The second kappa shape index (κ2) is 17.1. The first-order valence-electron chi connectivity index (χ1n) is 8.30. The summed E-state index contributed by atoms with van der Waals surface area (Å²) in [5.74, 6) is -0.234. The maximum Gasteiger partial charge on any atom is 0.261 e. The van der Waals surface area contributed by atoms with Crippen molar-refractivity contribution in [1.82, 2.24) is 6.15 Å². The predicted molar refractivity (Wildman–Crippen MR) is 87.6 cm³/mol. The Morgan fingerprint density at radius 2 is 1.19 bits per heavy atom. The first-order chi connectivity index (χ1) is 9.66. The zero-order valence-corrected chi connectivity index (χ0v) is 13.8. The van der Waals surface area contributed by atoms with Gasteiger partial charge in [0.1, 0.15) is 0 Å². The molecule has 0 aliphatic rings. The summed E-state index contributed by atoms with van der Waals surface area (Å²) in [5, 5.41) is 10.1. The third-order valence-electron chi connectivity index (χ3n) is 3.61. The molecule has 0 aromatic heterocycles. The van der Waals surface area contributed by atoms with Crippen LogP contribution in [0.2, 0.25) is 0 Å². The Hall–Kier alpha value is -0.970. The third kappa shape index (κ3) is 19.0. The van der Waals surface area contributed by atoms with Crippen LogP contribution in [0, 0.1) is 10.1 Å². The van der Waals surface area contributed by atoms with E-state index >= 15 is 0 Å². The van der Waals surface area contributed by atoms with Crippen LogP contribution in [0.25, 0.3) is 0 Å². The lowest BCUT2D eigenvalue weighted by Gasteiger charge is -2.02. The number of unbranched alkanes of at least 4 members (excludes halogenated alkanes) is 11. The molecule has 0 aliphatic carbocycles.